The first-order valence-electron chi connectivity index (χ1n) is 7.37. The Balaban J connectivity index is 2.06. The summed E-state index contributed by atoms with van der Waals surface area (Å²) in [6.45, 7) is 3.81. The number of esters is 1. The summed E-state index contributed by atoms with van der Waals surface area (Å²) in [5.41, 5.74) is 2.35. The molecule has 24 heavy (non-hydrogen) atoms. The Bertz CT molecular complexity index is 779. The number of carbonyl (C=O) groups is 2. The number of amides is 1. The molecule has 126 valence electrons. The van der Waals surface area contributed by atoms with Crippen molar-refractivity contribution in [3.63, 3.8) is 0 Å². The van der Waals surface area contributed by atoms with Crippen LogP contribution in [0.4, 0.5) is 5.69 Å². The Kier molecular flexibility index (Phi) is 5.76. The summed E-state index contributed by atoms with van der Waals surface area (Å²) in [5, 5.41) is 7.18. The predicted molar refractivity (Wildman–Crippen MR) is 93.0 cm³/mol. The number of aromatic nitrogens is 2. The lowest BCUT2D eigenvalue weighted by atomic mass is 10.2. The van der Waals surface area contributed by atoms with Gasteiger partial charge in [-0.15, -0.1) is 0 Å². The molecule has 1 amide bonds. The molecule has 2 rings (SSSR count). The van der Waals surface area contributed by atoms with E-state index in [1.54, 1.807) is 51.2 Å². The highest BCUT2D eigenvalue weighted by atomic mass is 35.5. The van der Waals surface area contributed by atoms with Gasteiger partial charge in [-0.3, -0.25) is 9.48 Å². The van der Waals surface area contributed by atoms with Gasteiger partial charge in [0.1, 0.15) is 5.15 Å². The maximum atomic E-state index is 12.3. The number of anilines is 1. The quantitative estimate of drug-likeness (QED) is 0.665. The third-order valence-electron chi connectivity index (χ3n) is 3.25. The Morgan fingerprint density at radius 2 is 2.00 bits per heavy atom. The summed E-state index contributed by atoms with van der Waals surface area (Å²) >= 11 is 6.08. The lowest BCUT2D eigenvalue weighted by Crippen LogP contribution is -2.13. The minimum Gasteiger partial charge on any atom is -0.463 e. The summed E-state index contributed by atoms with van der Waals surface area (Å²) in [7, 11) is 1.68. The van der Waals surface area contributed by atoms with Crippen LogP contribution in [0.15, 0.2) is 30.3 Å². The lowest BCUT2D eigenvalue weighted by molar-refractivity contribution is -0.137. The first-order chi connectivity index (χ1) is 11.4. The van der Waals surface area contributed by atoms with Crippen molar-refractivity contribution in [1.29, 1.82) is 0 Å². The van der Waals surface area contributed by atoms with Crippen molar-refractivity contribution in [2.24, 2.45) is 7.05 Å². The third-order valence-corrected chi connectivity index (χ3v) is 3.68. The number of ether oxygens (including phenoxy) is 1. The minimum atomic E-state index is -0.392. The first-order valence-corrected chi connectivity index (χ1v) is 7.75. The zero-order valence-corrected chi connectivity index (χ0v) is 14.4. The summed E-state index contributed by atoms with van der Waals surface area (Å²) in [4.78, 5) is 23.6. The Labute approximate surface area is 145 Å². The standard InChI is InChI=1S/C17H18ClN3O3/c1-4-24-14(22)10-7-12-5-8-13(9-6-12)19-17(23)15-11(2)20-21(3)16(15)18/h5-10H,4H2,1-3H3,(H,19,23)/b10-7-. The van der Waals surface area contributed by atoms with Crippen molar-refractivity contribution in [1.82, 2.24) is 9.78 Å². The van der Waals surface area contributed by atoms with Crippen LogP contribution in [0.3, 0.4) is 0 Å². The van der Waals surface area contributed by atoms with Crippen LogP contribution in [0.2, 0.25) is 5.15 Å². The second kappa shape index (κ2) is 7.79. The number of benzene rings is 1. The maximum Gasteiger partial charge on any atom is 0.330 e. The fourth-order valence-corrected chi connectivity index (χ4v) is 2.37. The van der Waals surface area contributed by atoms with E-state index in [9.17, 15) is 9.59 Å². The van der Waals surface area contributed by atoms with Gasteiger partial charge in [-0.25, -0.2) is 4.79 Å². The molecular weight excluding hydrogens is 330 g/mol. The van der Waals surface area contributed by atoms with E-state index in [4.69, 9.17) is 16.3 Å². The van der Waals surface area contributed by atoms with Crippen molar-refractivity contribution < 1.29 is 14.3 Å². The van der Waals surface area contributed by atoms with Crippen LogP contribution in [-0.2, 0) is 16.6 Å². The molecule has 1 heterocycles. The van der Waals surface area contributed by atoms with Gasteiger partial charge in [0.2, 0.25) is 0 Å². The Morgan fingerprint density at radius 1 is 1.33 bits per heavy atom. The number of rotatable bonds is 5. The van der Waals surface area contributed by atoms with Crippen LogP contribution < -0.4 is 5.32 Å². The first kappa shape index (κ1) is 17.7. The summed E-state index contributed by atoms with van der Waals surface area (Å²) in [6, 6.07) is 7.04. The van der Waals surface area contributed by atoms with Gasteiger partial charge in [0.25, 0.3) is 5.91 Å². The molecule has 1 N–H and O–H groups in total. The van der Waals surface area contributed by atoms with Gasteiger partial charge >= 0.3 is 5.97 Å². The summed E-state index contributed by atoms with van der Waals surface area (Å²) < 4.78 is 6.26. The molecule has 0 saturated heterocycles. The van der Waals surface area contributed by atoms with Gasteiger partial charge in [0, 0.05) is 18.8 Å². The molecular formula is C17H18ClN3O3. The van der Waals surface area contributed by atoms with E-state index in [0.29, 0.717) is 28.7 Å². The molecule has 0 fully saturated rings. The van der Waals surface area contributed by atoms with E-state index in [2.05, 4.69) is 10.4 Å². The van der Waals surface area contributed by atoms with Gasteiger partial charge in [-0.05, 0) is 37.6 Å². The van der Waals surface area contributed by atoms with Gasteiger partial charge in [-0.1, -0.05) is 23.7 Å². The van der Waals surface area contributed by atoms with Crippen molar-refractivity contribution >= 4 is 35.2 Å². The van der Waals surface area contributed by atoms with E-state index < -0.39 is 5.97 Å². The minimum absolute atomic E-state index is 0.291. The lowest BCUT2D eigenvalue weighted by Gasteiger charge is -2.05. The number of hydrogen-bond donors (Lipinski definition) is 1. The molecule has 0 saturated carbocycles. The molecule has 0 unspecified atom stereocenters. The molecule has 1 aromatic heterocycles. The molecule has 0 aliphatic carbocycles. The smallest absolute Gasteiger partial charge is 0.330 e. The highest BCUT2D eigenvalue weighted by Crippen LogP contribution is 2.20. The fraction of sp³-hybridized carbons (Fsp3) is 0.235. The van der Waals surface area contributed by atoms with Gasteiger partial charge < -0.3 is 10.1 Å². The van der Waals surface area contributed by atoms with Crippen molar-refractivity contribution in [3.05, 3.63) is 52.3 Å². The topological polar surface area (TPSA) is 73.2 Å². The molecule has 0 radical (unpaired) electrons. The normalized spacial score (nSPS) is 10.8. The van der Waals surface area contributed by atoms with Crippen LogP contribution in [0.1, 0.15) is 28.5 Å². The number of nitrogens with one attached hydrogen (secondary N) is 1. The van der Waals surface area contributed by atoms with Gasteiger partial charge in [0.15, 0.2) is 0 Å². The van der Waals surface area contributed by atoms with E-state index in [0.717, 1.165) is 5.56 Å². The number of carbonyl (C=O) groups excluding carboxylic acids is 2. The summed E-state index contributed by atoms with van der Waals surface area (Å²) in [6.07, 6.45) is 3.00. The number of halogens is 1. The van der Waals surface area contributed by atoms with Crippen molar-refractivity contribution in [2.45, 2.75) is 13.8 Å². The molecule has 0 spiro atoms. The summed E-state index contributed by atoms with van der Waals surface area (Å²) in [5.74, 6) is -0.711. The van der Waals surface area contributed by atoms with E-state index in [1.165, 1.54) is 10.8 Å². The number of hydrogen-bond acceptors (Lipinski definition) is 4. The van der Waals surface area contributed by atoms with E-state index in [-0.39, 0.29) is 5.91 Å². The SMILES string of the molecule is CCOC(=O)/C=C\c1ccc(NC(=O)c2c(C)nn(C)c2Cl)cc1. The highest BCUT2D eigenvalue weighted by Gasteiger charge is 2.18. The molecule has 0 aliphatic rings. The third kappa shape index (κ3) is 4.23. The monoisotopic (exact) mass is 347 g/mol. The average Bonchev–Trinajstić information content (AvgIpc) is 2.79. The fourth-order valence-electron chi connectivity index (χ4n) is 2.11. The molecule has 6 nitrogen and oxygen atoms in total. The van der Waals surface area contributed by atoms with Crippen LogP contribution in [0.5, 0.6) is 0 Å². The number of aryl methyl sites for hydroxylation is 2. The largest absolute Gasteiger partial charge is 0.463 e. The van der Waals surface area contributed by atoms with Gasteiger partial charge in [0.05, 0.1) is 17.9 Å². The zero-order chi connectivity index (χ0) is 17.7. The molecule has 2 aromatic rings. The van der Waals surface area contributed by atoms with Crippen LogP contribution in [0, 0.1) is 6.92 Å². The van der Waals surface area contributed by atoms with Crippen molar-refractivity contribution in [2.75, 3.05) is 11.9 Å². The Morgan fingerprint density at radius 3 is 2.54 bits per heavy atom. The molecule has 0 atom stereocenters. The number of nitrogens with zero attached hydrogens (tertiary/aromatic N) is 2. The highest BCUT2D eigenvalue weighted by molar-refractivity contribution is 6.33. The maximum absolute atomic E-state index is 12.3. The van der Waals surface area contributed by atoms with Crippen LogP contribution >= 0.6 is 11.6 Å². The molecule has 7 heteroatoms. The zero-order valence-electron chi connectivity index (χ0n) is 13.7. The molecule has 1 aromatic carbocycles. The second-order valence-electron chi connectivity index (χ2n) is 5.04. The molecule has 0 aliphatic heterocycles. The second-order valence-corrected chi connectivity index (χ2v) is 5.39. The van der Waals surface area contributed by atoms with Gasteiger partial charge in [-0.2, -0.15) is 5.10 Å². The average molecular weight is 348 g/mol. The van der Waals surface area contributed by atoms with Crippen LogP contribution in [0.25, 0.3) is 6.08 Å². The molecule has 0 bridgehead atoms. The van der Waals surface area contributed by atoms with Crippen molar-refractivity contribution in [3.8, 4) is 0 Å². The Hall–Kier alpha value is -2.60. The van der Waals surface area contributed by atoms with E-state index in [1.807, 2.05) is 0 Å². The van der Waals surface area contributed by atoms with E-state index >= 15 is 0 Å². The predicted octanol–water partition coefficient (Wildman–Crippen LogP) is 3.21. The van der Waals surface area contributed by atoms with Crippen LogP contribution in [-0.4, -0.2) is 28.3 Å².